The number of nitrogens with one attached hydrogen (secondary N) is 1. The molecule has 0 aliphatic carbocycles. The Labute approximate surface area is 137 Å². The third-order valence-corrected chi connectivity index (χ3v) is 4.04. The molecule has 1 aromatic heterocycles. The van der Waals surface area contributed by atoms with E-state index >= 15 is 0 Å². The zero-order chi connectivity index (χ0) is 14.5. The minimum Gasteiger partial charge on any atom is -0.306 e. The van der Waals surface area contributed by atoms with Gasteiger partial charge < -0.3 is 5.32 Å². The van der Waals surface area contributed by atoms with Crippen LogP contribution in [0.2, 0.25) is 0 Å². The molecule has 2 rings (SSSR count). The molecule has 0 amide bonds. The van der Waals surface area contributed by atoms with Crippen molar-refractivity contribution in [1.82, 2.24) is 15.1 Å². The molecule has 3 nitrogen and oxygen atoms in total. The molecule has 1 heterocycles. The quantitative estimate of drug-likeness (QED) is 0.772. The zero-order valence-corrected chi connectivity index (χ0v) is 14.9. The Bertz CT molecular complexity index is 546. The van der Waals surface area contributed by atoms with Gasteiger partial charge in [-0.1, -0.05) is 38.8 Å². The average molecular weight is 401 g/mol. The van der Waals surface area contributed by atoms with E-state index in [0.717, 1.165) is 28.5 Å². The predicted octanol–water partition coefficient (Wildman–Crippen LogP) is 4.52. The molecule has 0 spiro atoms. The van der Waals surface area contributed by atoms with Crippen molar-refractivity contribution in [3.8, 4) is 0 Å². The highest BCUT2D eigenvalue weighted by Crippen LogP contribution is 2.28. The number of aryl methyl sites for hydroxylation is 1. The second kappa shape index (κ2) is 7.38. The van der Waals surface area contributed by atoms with E-state index in [1.54, 1.807) is 0 Å². The van der Waals surface area contributed by atoms with Gasteiger partial charge in [-0.2, -0.15) is 5.10 Å². The summed E-state index contributed by atoms with van der Waals surface area (Å²) >= 11 is 7.12. The third-order valence-electron chi connectivity index (χ3n) is 3.13. The summed E-state index contributed by atoms with van der Waals surface area (Å²) in [6.07, 6.45) is 5.17. The number of hydrogen-bond donors (Lipinski definition) is 1. The van der Waals surface area contributed by atoms with Crippen molar-refractivity contribution in [3.05, 3.63) is 50.7 Å². The lowest BCUT2D eigenvalue weighted by Crippen LogP contribution is -2.23. The summed E-state index contributed by atoms with van der Waals surface area (Å²) in [6, 6.07) is 6.53. The van der Waals surface area contributed by atoms with Gasteiger partial charge in [-0.3, -0.25) is 4.68 Å². The molecule has 0 radical (unpaired) electrons. The van der Waals surface area contributed by atoms with E-state index in [-0.39, 0.29) is 6.04 Å². The second-order valence-corrected chi connectivity index (χ2v) is 6.55. The maximum absolute atomic E-state index is 4.39. The van der Waals surface area contributed by atoms with Crippen molar-refractivity contribution in [2.75, 3.05) is 6.54 Å². The Morgan fingerprint density at radius 3 is 2.40 bits per heavy atom. The molecule has 0 bridgehead atoms. The van der Waals surface area contributed by atoms with E-state index in [1.165, 1.54) is 11.1 Å². The number of rotatable bonds is 6. The van der Waals surface area contributed by atoms with Crippen LogP contribution in [0.25, 0.3) is 0 Å². The number of hydrogen-bond acceptors (Lipinski definition) is 2. The van der Waals surface area contributed by atoms with E-state index < -0.39 is 0 Å². The smallest absolute Gasteiger partial charge is 0.0608 e. The third kappa shape index (κ3) is 3.93. The van der Waals surface area contributed by atoms with Gasteiger partial charge in [0.25, 0.3) is 0 Å². The van der Waals surface area contributed by atoms with Crippen molar-refractivity contribution in [2.24, 2.45) is 0 Å². The Hall–Kier alpha value is -0.650. The fraction of sp³-hybridized carbons (Fsp3) is 0.400. The highest BCUT2D eigenvalue weighted by atomic mass is 79.9. The lowest BCUT2D eigenvalue weighted by Gasteiger charge is -2.18. The van der Waals surface area contributed by atoms with Crippen LogP contribution in [0.1, 0.15) is 37.4 Å². The van der Waals surface area contributed by atoms with Crippen LogP contribution in [-0.4, -0.2) is 16.3 Å². The predicted molar refractivity (Wildman–Crippen MR) is 89.9 cm³/mol. The SMILES string of the molecule is CCCNC(c1cc(Br)cc(Br)c1)c1cnn(CC)c1. The molecule has 0 saturated heterocycles. The topological polar surface area (TPSA) is 29.9 Å². The van der Waals surface area contributed by atoms with Gasteiger partial charge in [-0.05, 0) is 43.7 Å². The molecule has 0 fully saturated rings. The highest BCUT2D eigenvalue weighted by molar-refractivity contribution is 9.11. The minimum atomic E-state index is 0.170. The van der Waals surface area contributed by atoms with E-state index in [0.29, 0.717) is 0 Å². The molecule has 1 atom stereocenters. The van der Waals surface area contributed by atoms with Crippen LogP contribution in [0.3, 0.4) is 0 Å². The van der Waals surface area contributed by atoms with Gasteiger partial charge in [0.05, 0.1) is 12.2 Å². The fourth-order valence-corrected chi connectivity index (χ4v) is 3.49. The molecule has 1 unspecified atom stereocenters. The number of benzene rings is 1. The summed E-state index contributed by atoms with van der Waals surface area (Å²) < 4.78 is 4.12. The van der Waals surface area contributed by atoms with Crippen LogP contribution in [0.4, 0.5) is 0 Å². The highest BCUT2D eigenvalue weighted by Gasteiger charge is 2.16. The first kappa shape index (κ1) is 15.7. The number of nitrogens with zero attached hydrogens (tertiary/aromatic N) is 2. The van der Waals surface area contributed by atoms with E-state index in [2.05, 4.69) is 80.5 Å². The minimum absolute atomic E-state index is 0.170. The van der Waals surface area contributed by atoms with Gasteiger partial charge >= 0.3 is 0 Å². The first-order valence-electron chi connectivity index (χ1n) is 6.85. The lowest BCUT2D eigenvalue weighted by molar-refractivity contribution is 0.596. The van der Waals surface area contributed by atoms with Crippen molar-refractivity contribution in [3.63, 3.8) is 0 Å². The maximum atomic E-state index is 4.39. The van der Waals surface area contributed by atoms with Gasteiger partial charge in [0.15, 0.2) is 0 Å². The average Bonchev–Trinajstić information content (AvgIpc) is 2.87. The molecule has 0 aliphatic rings. The molecule has 20 heavy (non-hydrogen) atoms. The van der Waals surface area contributed by atoms with Crippen LogP contribution < -0.4 is 5.32 Å². The molecule has 0 saturated carbocycles. The first-order valence-corrected chi connectivity index (χ1v) is 8.44. The van der Waals surface area contributed by atoms with Crippen LogP contribution in [0.15, 0.2) is 39.5 Å². The van der Waals surface area contributed by atoms with Crippen LogP contribution in [0, 0.1) is 0 Å². The lowest BCUT2D eigenvalue weighted by atomic mass is 10.0. The molecule has 1 aromatic carbocycles. The molecule has 5 heteroatoms. The molecule has 0 aliphatic heterocycles. The Kier molecular flexibility index (Phi) is 5.81. The summed E-state index contributed by atoms with van der Waals surface area (Å²) in [5.41, 5.74) is 2.43. The summed E-state index contributed by atoms with van der Waals surface area (Å²) in [5, 5.41) is 7.99. The van der Waals surface area contributed by atoms with E-state index in [1.807, 2.05) is 10.9 Å². The summed E-state index contributed by atoms with van der Waals surface area (Å²) in [5.74, 6) is 0. The number of halogens is 2. The Balaban J connectivity index is 2.35. The van der Waals surface area contributed by atoms with Gasteiger partial charge in [0.1, 0.15) is 0 Å². The van der Waals surface area contributed by atoms with Crippen LogP contribution in [-0.2, 0) is 6.54 Å². The van der Waals surface area contributed by atoms with E-state index in [9.17, 15) is 0 Å². The molecule has 2 aromatic rings. The first-order chi connectivity index (χ1) is 9.63. The summed E-state index contributed by atoms with van der Waals surface area (Å²) in [7, 11) is 0. The summed E-state index contributed by atoms with van der Waals surface area (Å²) in [4.78, 5) is 0. The number of aromatic nitrogens is 2. The van der Waals surface area contributed by atoms with Crippen LogP contribution in [0.5, 0.6) is 0 Å². The molecule has 108 valence electrons. The Morgan fingerprint density at radius 2 is 1.85 bits per heavy atom. The van der Waals surface area contributed by atoms with Gasteiger partial charge in [-0.25, -0.2) is 0 Å². The van der Waals surface area contributed by atoms with Gasteiger partial charge in [-0.15, -0.1) is 0 Å². The standard InChI is InChI=1S/C15H19Br2N3/c1-3-5-18-15(12-9-19-20(4-2)10-12)11-6-13(16)8-14(17)7-11/h6-10,15,18H,3-5H2,1-2H3. The van der Waals surface area contributed by atoms with E-state index in [4.69, 9.17) is 0 Å². The maximum Gasteiger partial charge on any atom is 0.0608 e. The second-order valence-electron chi connectivity index (χ2n) is 4.72. The van der Waals surface area contributed by atoms with Crippen molar-refractivity contribution in [1.29, 1.82) is 0 Å². The molecule has 1 N–H and O–H groups in total. The zero-order valence-electron chi connectivity index (χ0n) is 11.7. The molecular formula is C15H19Br2N3. The van der Waals surface area contributed by atoms with Crippen LogP contribution >= 0.6 is 31.9 Å². The summed E-state index contributed by atoms with van der Waals surface area (Å²) in [6.45, 7) is 6.14. The van der Waals surface area contributed by atoms with Crippen molar-refractivity contribution < 1.29 is 0 Å². The van der Waals surface area contributed by atoms with Gasteiger partial charge in [0, 0.05) is 27.3 Å². The normalized spacial score (nSPS) is 12.6. The monoisotopic (exact) mass is 399 g/mol. The van der Waals surface area contributed by atoms with Crippen molar-refractivity contribution in [2.45, 2.75) is 32.9 Å². The Morgan fingerprint density at radius 1 is 1.15 bits per heavy atom. The largest absolute Gasteiger partial charge is 0.306 e. The fourth-order valence-electron chi connectivity index (χ4n) is 2.16. The van der Waals surface area contributed by atoms with Crippen molar-refractivity contribution >= 4 is 31.9 Å². The molecular weight excluding hydrogens is 382 g/mol. The van der Waals surface area contributed by atoms with Gasteiger partial charge in [0.2, 0.25) is 0 Å².